The zero-order chi connectivity index (χ0) is 16.7. The predicted octanol–water partition coefficient (Wildman–Crippen LogP) is 1.38. The van der Waals surface area contributed by atoms with Crippen LogP contribution in [0.5, 0.6) is 0 Å². The van der Waals surface area contributed by atoms with E-state index in [1.165, 1.54) is 6.33 Å². The minimum atomic E-state index is -0.247. The Bertz CT molecular complexity index is 723. The normalized spacial score (nSPS) is 10.2. The Labute approximate surface area is 135 Å². The van der Waals surface area contributed by atoms with E-state index in [2.05, 4.69) is 26.7 Å². The number of carbonyl (C=O) groups is 1. The number of rotatable bonds is 6. The SMILES string of the molecule is CN(C)CCNC(=O)c1cc(Nc2cccc(C#N)c2)ncn1. The lowest BCUT2D eigenvalue weighted by Crippen LogP contribution is -2.31. The number of amides is 1. The molecule has 0 atom stereocenters. The second-order valence-corrected chi connectivity index (χ2v) is 5.17. The van der Waals surface area contributed by atoms with Gasteiger partial charge in [0.05, 0.1) is 11.6 Å². The molecule has 1 amide bonds. The molecule has 0 saturated carbocycles. The standard InChI is InChI=1S/C16H18N6O/c1-22(2)7-6-18-16(23)14-9-15(20-11-19-14)21-13-5-3-4-12(8-13)10-17/h3-5,8-9,11H,6-7H2,1-2H3,(H,18,23)(H,19,20,21). The minimum Gasteiger partial charge on any atom is -0.349 e. The van der Waals surface area contributed by atoms with Gasteiger partial charge in [0, 0.05) is 24.8 Å². The van der Waals surface area contributed by atoms with E-state index in [0.29, 0.717) is 17.9 Å². The largest absolute Gasteiger partial charge is 0.349 e. The van der Waals surface area contributed by atoms with Crippen molar-refractivity contribution in [1.82, 2.24) is 20.2 Å². The summed E-state index contributed by atoms with van der Waals surface area (Å²) in [5.41, 5.74) is 1.56. The molecule has 0 fully saturated rings. The van der Waals surface area contributed by atoms with Gasteiger partial charge in [-0.1, -0.05) is 6.07 Å². The molecule has 0 aliphatic carbocycles. The molecule has 0 spiro atoms. The highest BCUT2D eigenvalue weighted by Crippen LogP contribution is 2.15. The van der Waals surface area contributed by atoms with Gasteiger partial charge >= 0.3 is 0 Å². The van der Waals surface area contributed by atoms with E-state index >= 15 is 0 Å². The molecule has 0 radical (unpaired) electrons. The maximum Gasteiger partial charge on any atom is 0.270 e. The van der Waals surface area contributed by atoms with Crippen LogP contribution in [-0.4, -0.2) is 48.0 Å². The van der Waals surface area contributed by atoms with Crippen molar-refractivity contribution in [3.63, 3.8) is 0 Å². The molecule has 2 rings (SSSR count). The van der Waals surface area contributed by atoms with Crippen molar-refractivity contribution >= 4 is 17.4 Å². The predicted molar refractivity (Wildman–Crippen MR) is 87.4 cm³/mol. The number of nitrogens with zero attached hydrogens (tertiary/aromatic N) is 4. The van der Waals surface area contributed by atoms with E-state index in [1.54, 1.807) is 24.3 Å². The third-order valence-corrected chi connectivity index (χ3v) is 3.01. The van der Waals surface area contributed by atoms with Crippen LogP contribution in [0.15, 0.2) is 36.7 Å². The number of hydrogen-bond donors (Lipinski definition) is 2. The highest BCUT2D eigenvalue weighted by molar-refractivity contribution is 5.92. The van der Waals surface area contributed by atoms with Crippen LogP contribution in [0.25, 0.3) is 0 Å². The molecule has 7 nitrogen and oxygen atoms in total. The number of carbonyl (C=O) groups excluding carboxylic acids is 1. The molecule has 7 heteroatoms. The summed E-state index contributed by atoms with van der Waals surface area (Å²) < 4.78 is 0. The van der Waals surface area contributed by atoms with Crippen molar-refractivity contribution in [2.24, 2.45) is 0 Å². The molecule has 1 aromatic heterocycles. The number of aromatic nitrogens is 2. The lowest BCUT2D eigenvalue weighted by molar-refractivity contribution is 0.0946. The zero-order valence-electron chi connectivity index (χ0n) is 13.1. The summed E-state index contributed by atoms with van der Waals surface area (Å²) >= 11 is 0. The van der Waals surface area contributed by atoms with Crippen molar-refractivity contribution in [2.75, 3.05) is 32.5 Å². The van der Waals surface area contributed by atoms with Crippen molar-refractivity contribution in [3.8, 4) is 6.07 Å². The summed E-state index contributed by atoms with van der Waals surface area (Å²) in [5, 5.41) is 14.8. The van der Waals surface area contributed by atoms with Gasteiger partial charge in [-0.15, -0.1) is 0 Å². The highest BCUT2D eigenvalue weighted by Gasteiger charge is 2.08. The average molecular weight is 310 g/mol. The van der Waals surface area contributed by atoms with Crippen molar-refractivity contribution in [2.45, 2.75) is 0 Å². The summed E-state index contributed by atoms with van der Waals surface area (Å²) in [4.78, 5) is 22.1. The fourth-order valence-electron chi connectivity index (χ4n) is 1.85. The Morgan fingerprint density at radius 1 is 1.30 bits per heavy atom. The molecule has 0 bridgehead atoms. The number of hydrogen-bond acceptors (Lipinski definition) is 6. The van der Waals surface area contributed by atoms with Crippen molar-refractivity contribution < 1.29 is 4.79 Å². The molecule has 2 N–H and O–H groups in total. The number of likely N-dealkylation sites (N-methyl/N-ethyl adjacent to an activating group) is 1. The van der Waals surface area contributed by atoms with Gasteiger partial charge in [0.2, 0.25) is 0 Å². The second kappa shape index (κ2) is 7.87. The first-order valence-electron chi connectivity index (χ1n) is 7.10. The number of nitriles is 1. The minimum absolute atomic E-state index is 0.247. The summed E-state index contributed by atoms with van der Waals surface area (Å²) in [6.07, 6.45) is 1.33. The first-order valence-corrected chi connectivity index (χ1v) is 7.10. The van der Waals surface area contributed by atoms with Crippen LogP contribution in [0, 0.1) is 11.3 Å². The average Bonchev–Trinajstić information content (AvgIpc) is 2.55. The van der Waals surface area contributed by atoms with Crippen molar-refractivity contribution in [3.05, 3.63) is 47.9 Å². The first-order chi connectivity index (χ1) is 11.1. The quantitative estimate of drug-likeness (QED) is 0.837. The van der Waals surface area contributed by atoms with E-state index < -0.39 is 0 Å². The fourth-order valence-corrected chi connectivity index (χ4v) is 1.85. The Morgan fingerprint density at radius 3 is 2.87 bits per heavy atom. The second-order valence-electron chi connectivity index (χ2n) is 5.17. The lowest BCUT2D eigenvalue weighted by Gasteiger charge is -2.10. The van der Waals surface area contributed by atoms with Crippen LogP contribution < -0.4 is 10.6 Å². The molecule has 1 heterocycles. The molecule has 1 aromatic carbocycles. The van der Waals surface area contributed by atoms with Gasteiger partial charge < -0.3 is 15.5 Å². The van der Waals surface area contributed by atoms with E-state index in [-0.39, 0.29) is 11.6 Å². The molecule has 0 aliphatic rings. The highest BCUT2D eigenvalue weighted by atomic mass is 16.1. The third kappa shape index (κ3) is 5.05. The Kier molecular flexibility index (Phi) is 5.61. The Balaban J connectivity index is 2.04. The van der Waals surface area contributed by atoms with Gasteiger partial charge in [-0.25, -0.2) is 9.97 Å². The molecule has 2 aromatic rings. The van der Waals surface area contributed by atoms with E-state index in [9.17, 15) is 4.79 Å². The van der Waals surface area contributed by atoms with E-state index in [1.807, 2.05) is 25.1 Å². The van der Waals surface area contributed by atoms with Gasteiger partial charge in [-0.3, -0.25) is 4.79 Å². The van der Waals surface area contributed by atoms with Crippen LogP contribution in [0.1, 0.15) is 16.1 Å². The summed E-state index contributed by atoms with van der Waals surface area (Å²) in [6.45, 7) is 1.30. The maximum atomic E-state index is 12.0. The number of anilines is 2. The summed E-state index contributed by atoms with van der Waals surface area (Å²) in [6, 6.07) is 10.7. The monoisotopic (exact) mass is 310 g/mol. The van der Waals surface area contributed by atoms with Gasteiger partial charge in [0.15, 0.2) is 0 Å². The number of benzene rings is 1. The molecule has 0 saturated heterocycles. The zero-order valence-corrected chi connectivity index (χ0v) is 13.1. The van der Waals surface area contributed by atoms with Gasteiger partial charge in [-0.05, 0) is 32.3 Å². The van der Waals surface area contributed by atoms with Gasteiger partial charge in [0.25, 0.3) is 5.91 Å². The van der Waals surface area contributed by atoms with Crippen LogP contribution in [0.3, 0.4) is 0 Å². The fraction of sp³-hybridized carbons (Fsp3) is 0.250. The summed E-state index contributed by atoms with van der Waals surface area (Å²) in [7, 11) is 3.88. The summed E-state index contributed by atoms with van der Waals surface area (Å²) in [5.74, 6) is 0.246. The molecular formula is C16H18N6O. The molecule has 118 valence electrons. The van der Waals surface area contributed by atoms with Crippen LogP contribution >= 0.6 is 0 Å². The van der Waals surface area contributed by atoms with Crippen LogP contribution in [0.4, 0.5) is 11.5 Å². The lowest BCUT2D eigenvalue weighted by atomic mass is 10.2. The Hall–Kier alpha value is -2.98. The molecular weight excluding hydrogens is 292 g/mol. The van der Waals surface area contributed by atoms with Gasteiger partial charge in [0.1, 0.15) is 17.8 Å². The van der Waals surface area contributed by atoms with Crippen molar-refractivity contribution in [1.29, 1.82) is 5.26 Å². The Morgan fingerprint density at radius 2 is 2.13 bits per heavy atom. The van der Waals surface area contributed by atoms with E-state index in [0.717, 1.165) is 12.2 Å². The molecule has 0 aliphatic heterocycles. The topological polar surface area (TPSA) is 93.9 Å². The third-order valence-electron chi connectivity index (χ3n) is 3.01. The molecule has 0 unspecified atom stereocenters. The van der Waals surface area contributed by atoms with E-state index in [4.69, 9.17) is 5.26 Å². The first kappa shape index (κ1) is 16.4. The molecule has 23 heavy (non-hydrogen) atoms. The van der Waals surface area contributed by atoms with Crippen LogP contribution in [-0.2, 0) is 0 Å². The smallest absolute Gasteiger partial charge is 0.270 e. The maximum absolute atomic E-state index is 12.0. The van der Waals surface area contributed by atoms with Crippen LogP contribution in [0.2, 0.25) is 0 Å². The number of nitrogens with one attached hydrogen (secondary N) is 2. The van der Waals surface area contributed by atoms with Gasteiger partial charge in [-0.2, -0.15) is 5.26 Å².